The first-order valence-electron chi connectivity index (χ1n) is 5.95. The summed E-state index contributed by atoms with van der Waals surface area (Å²) in [5.74, 6) is 0. The number of likely N-dealkylation sites (tertiary alicyclic amines) is 1. The van der Waals surface area contributed by atoms with Gasteiger partial charge in [0.15, 0.2) is 0 Å². The summed E-state index contributed by atoms with van der Waals surface area (Å²) in [6.45, 7) is 3.50. The van der Waals surface area contributed by atoms with Crippen LogP contribution >= 0.6 is 0 Å². The molecule has 0 aliphatic carbocycles. The van der Waals surface area contributed by atoms with Crippen LogP contribution in [0.15, 0.2) is 30.3 Å². The minimum Gasteiger partial charge on any atom is -0.385 e. The predicted molar refractivity (Wildman–Crippen MR) is 65.1 cm³/mol. The van der Waals surface area contributed by atoms with Gasteiger partial charge in [-0.25, -0.2) is 0 Å². The second-order valence-corrected chi connectivity index (χ2v) is 4.53. The minimum atomic E-state index is -0.633. The van der Waals surface area contributed by atoms with E-state index in [1.165, 1.54) is 0 Å². The molecule has 0 atom stereocenters. The summed E-state index contributed by atoms with van der Waals surface area (Å²) in [7, 11) is 0. The van der Waals surface area contributed by atoms with Crippen molar-refractivity contribution in [3.05, 3.63) is 35.9 Å². The van der Waals surface area contributed by atoms with Gasteiger partial charge in [-0.2, -0.15) is 0 Å². The smallest absolute Gasteiger partial charge is 0.0920 e. The van der Waals surface area contributed by atoms with Gasteiger partial charge in [0.25, 0.3) is 0 Å². The van der Waals surface area contributed by atoms with E-state index in [-0.39, 0.29) is 0 Å². The monoisotopic (exact) mass is 220 g/mol. The van der Waals surface area contributed by atoms with Crippen LogP contribution in [0.2, 0.25) is 0 Å². The van der Waals surface area contributed by atoms with Gasteiger partial charge in [-0.05, 0) is 18.4 Å². The molecule has 3 heteroatoms. The lowest BCUT2D eigenvalue weighted by Crippen LogP contribution is -2.44. The molecule has 1 heterocycles. The fourth-order valence-corrected chi connectivity index (χ4v) is 2.37. The maximum atomic E-state index is 10.6. The summed E-state index contributed by atoms with van der Waals surface area (Å²) in [5, 5.41) is 10.6. The highest BCUT2D eigenvalue weighted by molar-refractivity contribution is 5.22. The first kappa shape index (κ1) is 11.6. The molecule has 1 saturated heterocycles. The number of benzene rings is 1. The molecule has 88 valence electrons. The van der Waals surface area contributed by atoms with Gasteiger partial charge in [0, 0.05) is 26.2 Å². The molecule has 3 N–H and O–H groups in total. The summed E-state index contributed by atoms with van der Waals surface area (Å²) in [6.07, 6.45) is 1.61. The second kappa shape index (κ2) is 4.95. The molecule has 0 amide bonds. The largest absolute Gasteiger partial charge is 0.385 e. The van der Waals surface area contributed by atoms with Gasteiger partial charge in [0.2, 0.25) is 0 Å². The van der Waals surface area contributed by atoms with Crippen molar-refractivity contribution in [2.24, 2.45) is 5.73 Å². The molecular weight excluding hydrogens is 200 g/mol. The fourth-order valence-electron chi connectivity index (χ4n) is 2.37. The SMILES string of the molecule is NCCN1CCC(O)(c2ccccc2)CC1. The first-order chi connectivity index (χ1) is 7.74. The Morgan fingerprint density at radius 1 is 1.19 bits per heavy atom. The van der Waals surface area contributed by atoms with Crippen LogP contribution in [0, 0.1) is 0 Å². The average Bonchev–Trinajstić information content (AvgIpc) is 2.34. The number of nitrogens with zero attached hydrogens (tertiary/aromatic N) is 1. The Morgan fingerprint density at radius 2 is 1.81 bits per heavy atom. The van der Waals surface area contributed by atoms with Gasteiger partial charge >= 0.3 is 0 Å². The zero-order chi connectivity index (χ0) is 11.4. The van der Waals surface area contributed by atoms with Crippen molar-refractivity contribution in [3.63, 3.8) is 0 Å². The van der Waals surface area contributed by atoms with Crippen molar-refractivity contribution in [2.45, 2.75) is 18.4 Å². The van der Waals surface area contributed by atoms with Gasteiger partial charge in [-0.3, -0.25) is 0 Å². The van der Waals surface area contributed by atoms with Crippen LogP contribution in [0.1, 0.15) is 18.4 Å². The standard InChI is InChI=1S/C13H20N2O/c14-8-11-15-9-6-13(16,7-10-15)12-4-2-1-3-5-12/h1-5,16H,6-11,14H2. The van der Waals surface area contributed by atoms with Gasteiger partial charge < -0.3 is 15.7 Å². The lowest BCUT2D eigenvalue weighted by atomic mass is 9.84. The molecule has 0 unspecified atom stereocenters. The molecular formula is C13H20N2O. The Labute approximate surface area is 96.9 Å². The van der Waals surface area contributed by atoms with Crippen LogP contribution in [0.5, 0.6) is 0 Å². The molecule has 0 saturated carbocycles. The van der Waals surface area contributed by atoms with E-state index in [2.05, 4.69) is 4.90 Å². The number of rotatable bonds is 3. The van der Waals surface area contributed by atoms with E-state index in [4.69, 9.17) is 5.73 Å². The van der Waals surface area contributed by atoms with Crippen LogP contribution in [-0.2, 0) is 5.60 Å². The van der Waals surface area contributed by atoms with Crippen LogP contribution in [0.3, 0.4) is 0 Å². The summed E-state index contributed by atoms with van der Waals surface area (Å²) >= 11 is 0. The molecule has 16 heavy (non-hydrogen) atoms. The highest BCUT2D eigenvalue weighted by Crippen LogP contribution is 2.32. The fraction of sp³-hybridized carbons (Fsp3) is 0.538. The third-order valence-corrected chi connectivity index (χ3v) is 3.44. The molecule has 1 aromatic rings. The maximum Gasteiger partial charge on any atom is 0.0920 e. The number of nitrogens with two attached hydrogens (primary N) is 1. The Hall–Kier alpha value is -0.900. The quantitative estimate of drug-likeness (QED) is 0.796. The number of piperidine rings is 1. The maximum absolute atomic E-state index is 10.6. The van der Waals surface area contributed by atoms with Crippen molar-refractivity contribution in [1.29, 1.82) is 0 Å². The predicted octanol–water partition coefficient (Wildman–Crippen LogP) is 0.929. The van der Waals surface area contributed by atoms with E-state index in [0.717, 1.165) is 38.0 Å². The third-order valence-electron chi connectivity index (χ3n) is 3.44. The zero-order valence-electron chi connectivity index (χ0n) is 9.60. The normalized spacial score (nSPS) is 20.9. The molecule has 3 nitrogen and oxygen atoms in total. The van der Waals surface area contributed by atoms with Crippen molar-refractivity contribution in [1.82, 2.24) is 4.90 Å². The molecule has 1 fully saturated rings. The lowest BCUT2D eigenvalue weighted by Gasteiger charge is -2.38. The highest BCUT2D eigenvalue weighted by atomic mass is 16.3. The molecule has 0 bridgehead atoms. The van der Waals surface area contributed by atoms with E-state index in [1.54, 1.807) is 0 Å². The van der Waals surface area contributed by atoms with Crippen molar-refractivity contribution in [2.75, 3.05) is 26.2 Å². The number of hydrogen-bond donors (Lipinski definition) is 2. The van der Waals surface area contributed by atoms with E-state index < -0.39 is 5.60 Å². The highest BCUT2D eigenvalue weighted by Gasteiger charge is 2.33. The number of aliphatic hydroxyl groups is 1. The Morgan fingerprint density at radius 3 is 2.38 bits per heavy atom. The van der Waals surface area contributed by atoms with E-state index in [9.17, 15) is 5.11 Å². The topological polar surface area (TPSA) is 49.5 Å². The third kappa shape index (κ3) is 2.43. The first-order valence-corrected chi connectivity index (χ1v) is 5.95. The lowest BCUT2D eigenvalue weighted by molar-refractivity contribution is -0.0251. The van der Waals surface area contributed by atoms with Crippen molar-refractivity contribution < 1.29 is 5.11 Å². The molecule has 2 rings (SSSR count). The Bertz CT molecular complexity index is 318. The summed E-state index contributed by atoms with van der Waals surface area (Å²) < 4.78 is 0. The van der Waals surface area contributed by atoms with Gasteiger partial charge in [0.05, 0.1) is 5.60 Å². The zero-order valence-corrected chi connectivity index (χ0v) is 9.60. The molecule has 0 aromatic heterocycles. The van der Waals surface area contributed by atoms with E-state index >= 15 is 0 Å². The number of hydrogen-bond acceptors (Lipinski definition) is 3. The van der Waals surface area contributed by atoms with Gasteiger partial charge in [0.1, 0.15) is 0 Å². The van der Waals surface area contributed by atoms with Crippen molar-refractivity contribution >= 4 is 0 Å². The summed E-state index contributed by atoms with van der Waals surface area (Å²) in [6, 6.07) is 9.98. The van der Waals surface area contributed by atoms with Crippen LogP contribution in [-0.4, -0.2) is 36.2 Å². The van der Waals surface area contributed by atoms with Crippen LogP contribution in [0.25, 0.3) is 0 Å². The second-order valence-electron chi connectivity index (χ2n) is 4.53. The Kier molecular flexibility index (Phi) is 3.59. The van der Waals surface area contributed by atoms with E-state index in [1.807, 2.05) is 30.3 Å². The van der Waals surface area contributed by atoms with Gasteiger partial charge in [-0.1, -0.05) is 30.3 Å². The van der Waals surface area contributed by atoms with Crippen LogP contribution < -0.4 is 5.73 Å². The molecule has 1 aromatic carbocycles. The van der Waals surface area contributed by atoms with E-state index in [0.29, 0.717) is 6.54 Å². The molecule has 1 aliphatic rings. The summed E-state index contributed by atoms with van der Waals surface area (Å²) in [5.41, 5.74) is 5.95. The van der Waals surface area contributed by atoms with Gasteiger partial charge in [-0.15, -0.1) is 0 Å². The van der Waals surface area contributed by atoms with Crippen LogP contribution in [0.4, 0.5) is 0 Å². The molecule has 0 spiro atoms. The average molecular weight is 220 g/mol. The summed E-state index contributed by atoms with van der Waals surface area (Å²) in [4.78, 5) is 2.32. The van der Waals surface area contributed by atoms with Crippen molar-refractivity contribution in [3.8, 4) is 0 Å². The minimum absolute atomic E-state index is 0.633. The molecule has 1 aliphatic heterocycles. The molecule has 0 radical (unpaired) electrons. The Balaban J connectivity index is 2.01.